The van der Waals surface area contributed by atoms with Gasteiger partial charge in [-0.3, -0.25) is 19.8 Å². The van der Waals surface area contributed by atoms with Gasteiger partial charge < -0.3 is 9.84 Å². The van der Waals surface area contributed by atoms with E-state index < -0.39 is 0 Å². The lowest BCUT2D eigenvalue weighted by Gasteiger charge is -2.22. The molecule has 0 aliphatic heterocycles. The minimum Gasteiger partial charge on any atom is -0.350 e. The molecule has 0 saturated heterocycles. The number of carbonyl (C=O) groups is 2. The van der Waals surface area contributed by atoms with Gasteiger partial charge >= 0.3 is 0 Å². The van der Waals surface area contributed by atoms with E-state index in [-0.39, 0.29) is 36.3 Å². The number of aromatic nitrogens is 1. The van der Waals surface area contributed by atoms with E-state index in [0.717, 1.165) is 11.1 Å². The first-order valence-corrected chi connectivity index (χ1v) is 8.45. The highest BCUT2D eigenvalue weighted by Gasteiger charge is 2.17. The van der Waals surface area contributed by atoms with E-state index in [0.29, 0.717) is 5.69 Å². The van der Waals surface area contributed by atoms with Crippen molar-refractivity contribution in [2.45, 2.75) is 33.2 Å². The second-order valence-electron chi connectivity index (χ2n) is 7.46. The first-order chi connectivity index (χ1) is 12.1. The van der Waals surface area contributed by atoms with Gasteiger partial charge in [-0.25, -0.2) is 0 Å². The Bertz CT molecular complexity index is 760. The van der Waals surface area contributed by atoms with Crippen LogP contribution in [0.1, 0.15) is 26.3 Å². The lowest BCUT2D eigenvalue weighted by molar-refractivity contribution is -0.124. The van der Waals surface area contributed by atoms with Crippen molar-refractivity contribution < 1.29 is 14.1 Å². The molecule has 0 bridgehead atoms. The zero-order valence-electron chi connectivity index (χ0n) is 15.9. The minimum absolute atomic E-state index is 0.0676. The highest BCUT2D eigenvalue weighted by molar-refractivity contribution is 5.91. The lowest BCUT2D eigenvalue weighted by atomic mass is 10.1. The fourth-order valence-electron chi connectivity index (χ4n) is 2.38. The Labute approximate surface area is 153 Å². The molecule has 2 amide bonds. The topological polar surface area (TPSA) is 87.5 Å². The van der Waals surface area contributed by atoms with Crippen LogP contribution in [0.3, 0.4) is 0 Å². The summed E-state index contributed by atoms with van der Waals surface area (Å²) in [6.07, 6.45) is 0. The summed E-state index contributed by atoms with van der Waals surface area (Å²) in [5.74, 6) is -0.130. The second kappa shape index (κ2) is 8.14. The molecule has 0 radical (unpaired) electrons. The molecule has 1 heterocycles. The third-order valence-corrected chi connectivity index (χ3v) is 3.46. The largest absolute Gasteiger partial charge is 0.350 e. The third-order valence-electron chi connectivity index (χ3n) is 3.46. The van der Waals surface area contributed by atoms with Gasteiger partial charge in [0.25, 0.3) is 0 Å². The molecule has 140 valence electrons. The van der Waals surface area contributed by atoms with E-state index in [1.807, 2.05) is 52.0 Å². The number of hydrogen-bond donors (Lipinski definition) is 2. The van der Waals surface area contributed by atoms with Crippen LogP contribution in [-0.4, -0.2) is 47.5 Å². The van der Waals surface area contributed by atoms with E-state index in [2.05, 4.69) is 15.8 Å². The van der Waals surface area contributed by atoms with Crippen LogP contribution in [0.4, 0.5) is 5.88 Å². The average Bonchev–Trinajstić information content (AvgIpc) is 2.93. The summed E-state index contributed by atoms with van der Waals surface area (Å²) in [7, 11) is 1.71. The van der Waals surface area contributed by atoms with Crippen LogP contribution in [0.15, 0.2) is 34.9 Å². The first kappa shape index (κ1) is 19.7. The molecule has 2 aromatic rings. The molecule has 2 N–H and O–H groups in total. The fourth-order valence-corrected chi connectivity index (χ4v) is 2.38. The van der Waals surface area contributed by atoms with Crippen molar-refractivity contribution in [1.29, 1.82) is 0 Å². The van der Waals surface area contributed by atoms with E-state index in [9.17, 15) is 9.59 Å². The molecule has 0 atom stereocenters. The van der Waals surface area contributed by atoms with E-state index in [4.69, 9.17) is 4.52 Å². The maximum atomic E-state index is 12.1. The van der Waals surface area contributed by atoms with Crippen molar-refractivity contribution >= 4 is 17.7 Å². The SMILES string of the molecule is Cc1ccc(-c2cc(NC(=O)CN(C)CC(=O)NC(C)(C)C)on2)cc1. The molecule has 7 nitrogen and oxygen atoms in total. The first-order valence-electron chi connectivity index (χ1n) is 8.45. The normalized spacial score (nSPS) is 11.5. The molecular weight excluding hydrogens is 332 g/mol. The van der Waals surface area contributed by atoms with Crippen molar-refractivity contribution in [2.24, 2.45) is 0 Å². The molecule has 2 rings (SSSR count). The van der Waals surface area contributed by atoms with Gasteiger partial charge in [0.2, 0.25) is 17.7 Å². The molecule has 0 spiro atoms. The Kier molecular flexibility index (Phi) is 6.15. The van der Waals surface area contributed by atoms with Gasteiger partial charge in [0.05, 0.1) is 13.1 Å². The summed E-state index contributed by atoms with van der Waals surface area (Å²) in [5.41, 5.74) is 2.42. The Morgan fingerprint density at radius 2 is 1.73 bits per heavy atom. The summed E-state index contributed by atoms with van der Waals surface area (Å²) in [4.78, 5) is 25.6. The number of aryl methyl sites for hydroxylation is 1. The number of hydrogen-bond acceptors (Lipinski definition) is 5. The van der Waals surface area contributed by atoms with Crippen molar-refractivity contribution in [3.05, 3.63) is 35.9 Å². The number of carbonyl (C=O) groups excluding carboxylic acids is 2. The Hall–Kier alpha value is -2.67. The highest BCUT2D eigenvalue weighted by Crippen LogP contribution is 2.21. The number of nitrogens with zero attached hydrogens (tertiary/aromatic N) is 2. The lowest BCUT2D eigenvalue weighted by Crippen LogP contribution is -2.46. The number of amides is 2. The molecule has 0 aliphatic carbocycles. The molecular formula is C19H26N4O3. The maximum absolute atomic E-state index is 12.1. The number of nitrogens with one attached hydrogen (secondary N) is 2. The summed E-state index contributed by atoms with van der Waals surface area (Å²) in [5, 5.41) is 9.48. The third kappa shape index (κ3) is 6.33. The average molecular weight is 358 g/mol. The molecule has 26 heavy (non-hydrogen) atoms. The number of likely N-dealkylation sites (N-methyl/N-ethyl adjacent to an activating group) is 1. The zero-order valence-corrected chi connectivity index (χ0v) is 15.9. The van der Waals surface area contributed by atoms with Gasteiger partial charge in [0.15, 0.2) is 0 Å². The fraction of sp³-hybridized carbons (Fsp3) is 0.421. The highest BCUT2D eigenvalue weighted by atomic mass is 16.5. The molecule has 0 aliphatic rings. The molecule has 1 aromatic carbocycles. The zero-order chi connectivity index (χ0) is 19.3. The van der Waals surface area contributed by atoms with Gasteiger partial charge in [-0.05, 0) is 34.7 Å². The van der Waals surface area contributed by atoms with Crippen LogP contribution < -0.4 is 10.6 Å². The minimum atomic E-state index is -0.299. The number of rotatable bonds is 6. The molecule has 0 saturated carbocycles. The van der Waals surface area contributed by atoms with Gasteiger partial charge in [-0.15, -0.1) is 0 Å². The van der Waals surface area contributed by atoms with Gasteiger partial charge in [0.1, 0.15) is 5.69 Å². The summed E-state index contributed by atoms with van der Waals surface area (Å²) >= 11 is 0. The van der Waals surface area contributed by atoms with Crippen molar-refractivity contribution in [3.63, 3.8) is 0 Å². The van der Waals surface area contributed by atoms with Crippen LogP contribution in [0.2, 0.25) is 0 Å². The summed E-state index contributed by atoms with van der Waals surface area (Å²) < 4.78 is 5.17. The van der Waals surface area contributed by atoms with E-state index in [1.165, 1.54) is 0 Å². The maximum Gasteiger partial charge on any atom is 0.240 e. The second-order valence-corrected chi connectivity index (χ2v) is 7.46. The summed E-state index contributed by atoms with van der Waals surface area (Å²) in [6.45, 7) is 7.94. The Balaban J connectivity index is 1.86. The van der Waals surface area contributed by atoms with Crippen LogP contribution in [-0.2, 0) is 9.59 Å². The predicted octanol–water partition coefficient (Wildman–Crippen LogP) is 2.44. The van der Waals surface area contributed by atoms with Crippen LogP contribution in [0, 0.1) is 6.92 Å². The number of benzene rings is 1. The molecule has 0 unspecified atom stereocenters. The van der Waals surface area contributed by atoms with E-state index >= 15 is 0 Å². The molecule has 7 heteroatoms. The molecule has 1 aromatic heterocycles. The van der Waals surface area contributed by atoms with Gasteiger partial charge in [-0.2, -0.15) is 0 Å². The van der Waals surface area contributed by atoms with Crippen molar-refractivity contribution in [1.82, 2.24) is 15.4 Å². The smallest absolute Gasteiger partial charge is 0.240 e. The van der Waals surface area contributed by atoms with Crippen LogP contribution in [0.5, 0.6) is 0 Å². The number of anilines is 1. The predicted molar refractivity (Wildman–Crippen MR) is 101 cm³/mol. The van der Waals surface area contributed by atoms with Crippen molar-refractivity contribution in [2.75, 3.05) is 25.5 Å². The standard InChI is InChI=1S/C19H26N4O3/c1-13-6-8-14(9-7-13)15-10-18(26-22-15)20-16(24)11-23(5)12-17(25)21-19(2,3)4/h6-10H,11-12H2,1-5H3,(H,20,24)(H,21,25). The van der Waals surface area contributed by atoms with Crippen LogP contribution >= 0.6 is 0 Å². The Morgan fingerprint density at radius 3 is 2.35 bits per heavy atom. The Morgan fingerprint density at radius 1 is 1.12 bits per heavy atom. The quantitative estimate of drug-likeness (QED) is 0.828. The van der Waals surface area contributed by atoms with Gasteiger partial charge in [0, 0.05) is 17.2 Å². The van der Waals surface area contributed by atoms with E-state index in [1.54, 1.807) is 18.0 Å². The molecule has 0 fully saturated rings. The summed E-state index contributed by atoms with van der Waals surface area (Å²) in [6, 6.07) is 9.54. The van der Waals surface area contributed by atoms with Gasteiger partial charge in [-0.1, -0.05) is 35.0 Å². The van der Waals surface area contributed by atoms with Crippen molar-refractivity contribution in [3.8, 4) is 11.3 Å². The van der Waals surface area contributed by atoms with Crippen LogP contribution in [0.25, 0.3) is 11.3 Å². The monoisotopic (exact) mass is 358 g/mol.